The number of hydrogen-bond acceptors (Lipinski definition) is 5. The van der Waals surface area contributed by atoms with Crippen LogP contribution in [0.25, 0.3) is 0 Å². The third-order valence-corrected chi connectivity index (χ3v) is 8.14. The van der Waals surface area contributed by atoms with Gasteiger partial charge >= 0.3 is 0 Å². The average molecular weight is 495 g/mol. The first-order chi connectivity index (χ1) is 16.9. The number of benzene rings is 2. The van der Waals surface area contributed by atoms with Crippen molar-refractivity contribution >= 4 is 21.6 Å². The van der Waals surface area contributed by atoms with Crippen molar-refractivity contribution in [1.82, 2.24) is 14.1 Å². The number of carbonyl (C=O) groups is 1. The van der Waals surface area contributed by atoms with Crippen LogP contribution in [0.1, 0.15) is 42.2 Å². The van der Waals surface area contributed by atoms with Crippen LogP contribution >= 0.6 is 0 Å². The van der Waals surface area contributed by atoms with E-state index < -0.39 is 15.9 Å². The molecule has 0 unspecified atom stereocenters. The minimum absolute atomic E-state index is 0.119. The molecule has 0 saturated carbocycles. The molecule has 0 bridgehead atoms. The summed E-state index contributed by atoms with van der Waals surface area (Å²) >= 11 is 0. The molecule has 0 spiro atoms. The Balaban J connectivity index is 1.37. The van der Waals surface area contributed by atoms with Crippen molar-refractivity contribution in [3.8, 4) is 0 Å². The number of nitrogens with one attached hydrogen (secondary N) is 1. The number of hydrogen-bond donors (Lipinski definition) is 1. The number of aryl methyl sites for hydroxylation is 1. The van der Waals surface area contributed by atoms with E-state index in [4.69, 9.17) is 0 Å². The summed E-state index contributed by atoms with van der Waals surface area (Å²) in [6, 6.07) is 19.1. The number of amides is 1. The van der Waals surface area contributed by atoms with Crippen molar-refractivity contribution in [3.05, 3.63) is 88.3 Å². The SMILES string of the molecule is CCCn1nc(C(=O)Nc2ccc(S(=O)(=O)N3CCC(Cc4ccccc4)CC3)cc2)ccc1=O. The van der Waals surface area contributed by atoms with E-state index in [1.807, 2.05) is 25.1 Å². The molecule has 0 atom stereocenters. The zero-order valence-electron chi connectivity index (χ0n) is 19.8. The van der Waals surface area contributed by atoms with Gasteiger partial charge in [-0.1, -0.05) is 37.3 Å². The molecule has 0 radical (unpaired) electrons. The lowest BCUT2D eigenvalue weighted by Crippen LogP contribution is -2.38. The third-order valence-electron chi connectivity index (χ3n) is 6.23. The number of aromatic nitrogens is 2. The Kier molecular flexibility index (Phi) is 7.77. The molecular formula is C26H30N4O4S. The quantitative estimate of drug-likeness (QED) is 0.516. The van der Waals surface area contributed by atoms with Crippen LogP contribution in [-0.2, 0) is 23.0 Å². The van der Waals surface area contributed by atoms with Gasteiger partial charge in [-0.05, 0) is 67.5 Å². The van der Waals surface area contributed by atoms with Gasteiger partial charge in [0.15, 0.2) is 0 Å². The van der Waals surface area contributed by atoms with Gasteiger partial charge in [0.05, 0.1) is 4.90 Å². The van der Waals surface area contributed by atoms with Crippen molar-refractivity contribution in [1.29, 1.82) is 0 Å². The zero-order chi connectivity index (χ0) is 24.8. The maximum Gasteiger partial charge on any atom is 0.276 e. The van der Waals surface area contributed by atoms with Crippen molar-refractivity contribution in [2.45, 2.75) is 44.0 Å². The number of sulfonamides is 1. The maximum absolute atomic E-state index is 13.1. The van der Waals surface area contributed by atoms with Gasteiger partial charge in [-0.3, -0.25) is 9.59 Å². The second-order valence-corrected chi connectivity index (χ2v) is 10.7. The van der Waals surface area contributed by atoms with Crippen molar-refractivity contribution in [2.24, 2.45) is 5.92 Å². The van der Waals surface area contributed by atoms with E-state index in [1.165, 1.54) is 34.5 Å². The first kappa shape index (κ1) is 24.8. The minimum atomic E-state index is -3.60. The topological polar surface area (TPSA) is 101 Å². The van der Waals surface area contributed by atoms with Crippen LogP contribution in [0.5, 0.6) is 0 Å². The summed E-state index contributed by atoms with van der Waals surface area (Å²) in [5.41, 5.74) is 1.59. The maximum atomic E-state index is 13.1. The highest BCUT2D eigenvalue weighted by molar-refractivity contribution is 7.89. The van der Waals surface area contributed by atoms with Gasteiger partial charge in [0.2, 0.25) is 10.0 Å². The van der Waals surface area contributed by atoms with Crippen LogP contribution in [0.4, 0.5) is 5.69 Å². The molecule has 1 fully saturated rings. The molecule has 2 heterocycles. The van der Waals surface area contributed by atoms with Crippen molar-refractivity contribution in [2.75, 3.05) is 18.4 Å². The zero-order valence-corrected chi connectivity index (χ0v) is 20.6. The molecule has 1 aromatic heterocycles. The summed E-state index contributed by atoms with van der Waals surface area (Å²) in [5, 5.41) is 6.81. The van der Waals surface area contributed by atoms with Crippen LogP contribution in [0.15, 0.2) is 76.4 Å². The van der Waals surface area contributed by atoms with Crippen LogP contribution in [0.3, 0.4) is 0 Å². The molecule has 1 aliphatic heterocycles. The van der Waals surface area contributed by atoms with E-state index in [2.05, 4.69) is 22.5 Å². The van der Waals surface area contributed by atoms with Gasteiger partial charge < -0.3 is 5.32 Å². The lowest BCUT2D eigenvalue weighted by molar-refractivity contribution is 0.101. The van der Waals surface area contributed by atoms with Gasteiger partial charge in [0.25, 0.3) is 11.5 Å². The fourth-order valence-corrected chi connectivity index (χ4v) is 5.77. The predicted molar refractivity (Wildman–Crippen MR) is 135 cm³/mol. The number of rotatable bonds is 8. The highest BCUT2D eigenvalue weighted by Crippen LogP contribution is 2.26. The van der Waals surface area contributed by atoms with Crippen LogP contribution < -0.4 is 10.9 Å². The van der Waals surface area contributed by atoms with Crippen LogP contribution in [0.2, 0.25) is 0 Å². The molecule has 3 aromatic rings. The van der Waals surface area contributed by atoms with E-state index in [9.17, 15) is 18.0 Å². The molecule has 35 heavy (non-hydrogen) atoms. The number of carbonyl (C=O) groups excluding carboxylic acids is 1. The number of piperidine rings is 1. The lowest BCUT2D eigenvalue weighted by atomic mass is 9.91. The predicted octanol–water partition coefficient (Wildman–Crippen LogP) is 3.55. The van der Waals surface area contributed by atoms with E-state index in [1.54, 1.807) is 16.4 Å². The van der Waals surface area contributed by atoms with Gasteiger partial charge in [-0.15, -0.1) is 0 Å². The van der Waals surface area contributed by atoms with E-state index in [-0.39, 0.29) is 16.1 Å². The molecule has 1 saturated heterocycles. The third kappa shape index (κ3) is 6.04. The van der Waals surface area contributed by atoms with E-state index in [0.29, 0.717) is 31.2 Å². The summed E-state index contributed by atoms with van der Waals surface area (Å²) in [4.78, 5) is 24.6. The van der Waals surface area contributed by atoms with Crippen molar-refractivity contribution in [3.63, 3.8) is 0 Å². The highest BCUT2D eigenvalue weighted by atomic mass is 32.2. The summed E-state index contributed by atoms with van der Waals surface area (Å²) < 4.78 is 29.1. The monoisotopic (exact) mass is 494 g/mol. The molecule has 2 aromatic carbocycles. The molecule has 1 N–H and O–H groups in total. The Labute approximate surface area is 205 Å². The normalized spacial score (nSPS) is 15.1. The van der Waals surface area contributed by atoms with Crippen LogP contribution in [-0.4, -0.2) is 41.5 Å². The average Bonchev–Trinajstić information content (AvgIpc) is 2.87. The van der Waals surface area contributed by atoms with E-state index in [0.717, 1.165) is 25.7 Å². The second-order valence-electron chi connectivity index (χ2n) is 8.80. The first-order valence-corrected chi connectivity index (χ1v) is 13.3. The van der Waals surface area contributed by atoms with Crippen LogP contribution in [0, 0.1) is 5.92 Å². The molecule has 1 aliphatic rings. The minimum Gasteiger partial charge on any atom is -0.321 e. The Hall–Kier alpha value is -3.30. The summed E-state index contributed by atoms with van der Waals surface area (Å²) in [7, 11) is -3.60. The standard InChI is InChI=1S/C26H30N4O4S/c1-2-16-30-25(31)13-12-24(28-30)26(32)27-22-8-10-23(11-9-22)35(33,34)29-17-14-21(15-18-29)19-20-6-4-3-5-7-20/h3-13,21H,2,14-19H2,1H3,(H,27,32). The molecular weight excluding hydrogens is 464 g/mol. The molecule has 8 nitrogen and oxygen atoms in total. The summed E-state index contributed by atoms with van der Waals surface area (Å²) in [5.74, 6) is 0.00711. The molecule has 9 heteroatoms. The molecule has 184 valence electrons. The molecule has 0 aliphatic carbocycles. The number of anilines is 1. The molecule has 1 amide bonds. The Bertz CT molecular complexity index is 1310. The van der Waals surface area contributed by atoms with Crippen molar-refractivity contribution < 1.29 is 13.2 Å². The summed E-state index contributed by atoms with van der Waals surface area (Å²) in [6.45, 7) is 3.34. The van der Waals surface area contributed by atoms with Gasteiger partial charge in [-0.25, -0.2) is 13.1 Å². The molecule has 4 rings (SSSR count). The second kappa shape index (κ2) is 11.0. The summed E-state index contributed by atoms with van der Waals surface area (Å²) in [6.07, 6.45) is 3.34. The van der Waals surface area contributed by atoms with Gasteiger partial charge in [-0.2, -0.15) is 9.40 Å². The Morgan fingerprint density at radius 3 is 2.34 bits per heavy atom. The Morgan fingerprint density at radius 1 is 1.00 bits per heavy atom. The van der Waals surface area contributed by atoms with Gasteiger partial charge in [0.1, 0.15) is 5.69 Å². The first-order valence-electron chi connectivity index (χ1n) is 11.9. The smallest absolute Gasteiger partial charge is 0.276 e. The van der Waals surface area contributed by atoms with Gasteiger partial charge in [0, 0.05) is 31.4 Å². The Morgan fingerprint density at radius 2 is 1.69 bits per heavy atom. The highest BCUT2D eigenvalue weighted by Gasteiger charge is 2.29. The fourth-order valence-electron chi connectivity index (χ4n) is 4.30. The van der Waals surface area contributed by atoms with E-state index >= 15 is 0 Å². The lowest BCUT2D eigenvalue weighted by Gasteiger charge is -2.31. The fraction of sp³-hybridized carbons (Fsp3) is 0.346. The number of nitrogens with zero attached hydrogens (tertiary/aromatic N) is 3. The largest absolute Gasteiger partial charge is 0.321 e.